The fourth-order valence-corrected chi connectivity index (χ4v) is 3.22. The Hall–Kier alpha value is -2.40. The van der Waals surface area contributed by atoms with E-state index in [9.17, 15) is 13.2 Å². The largest absolute Gasteiger partial charge is 0.268 e. The lowest BCUT2D eigenvalue weighted by Crippen LogP contribution is -2.29. The highest BCUT2D eigenvalue weighted by Gasteiger charge is 2.15. The van der Waals surface area contributed by atoms with Gasteiger partial charge in [-0.25, -0.2) is 13.1 Å². The Morgan fingerprint density at radius 2 is 1.50 bits per heavy atom. The Balaban J connectivity index is 2.18. The molecular weight excluding hydrogens is 322 g/mol. The summed E-state index contributed by atoms with van der Waals surface area (Å²) in [5.41, 5.74) is 4.98. The standard InChI is InChI=1S/C19H21NO3S/c1-13-5-7-17(15(3)11-13)9-10-24(22,23)20-19(21)18-8-6-14(2)12-16(18)4/h5-12H,1-4H3,(H,20,21). The second-order valence-electron chi connectivity index (χ2n) is 5.96. The summed E-state index contributed by atoms with van der Waals surface area (Å²) < 4.78 is 26.3. The molecule has 0 unspecified atom stereocenters. The number of rotatable bonds is 4. The van der Waals surface area contributed by atoms with Gasteiger partial charge >= 0.3 is 0 Å². The van der Waals surface area contributed by atoms with Crippen LogP contribution in [0.4, 0.5) is 0 Å². The number of benzene rings is 2. The minimum atomic E-state index is -3.86. The Labute approximate surface area is 143 Å². The molecule has 0 spiro atoms. The average Bonchev–Trinajstić information content (AvgIpc) is 2.45. The van der Waals surface area contributed by atoms with Crippen molar-refractivity contribution in [3.8, 4) is 0 Å². The van der Waals surface area contributed by atoms with Crippen molar-refractivity contribution < 1.29 is 13.2 Å². The van der Waals surface area contributed by atoms with Crippen molar-refractivity contribution in [2.45, 2.75) is 27.7 Å². The molecule has 2 rings (SSSR count). The molecule has 0 aliphatic carbocycles. The van der Waals surface area contributed by atoms with Crippen LogP contribution in [-0.2, 0) is 10.0 Å². The van der Waals surface area contributed by atoms with Gasteiger partial charge in [-0.15, -0.1) is 0 Å². The summed E-state index contributed by atoms with van der Waals surface area (Å²) in [4.78, 5) is 12.2. The van der Waals surface area contributed by atoms with Crippen LogP contribution in [0.2, 0.25) is 0 Å². The molecule has 4 nitrogen and oxygen atoms in total. The predicted octanol–water partition coefficient (Wildman–Crippen LogP) is 3.65. The van der Waals surface area contributed by atoms with Gasteiger partial charge in [-0.2, -0.15) is 0 Å². The molecule has 24 heavy (non-hydrogen) atoms. The van der Waals surface area contributed by atoms with Gasteiger partial charge in [0.1, 0.15) is 0 Å². The predicted molar refractivity (Wildman–Crippen MR) is 97.3 cm³/mol. The van der Waals surface area contributed by atoms with Crippen molar-refractivity contribution in [3.05, 3.63) is 75.2 Å². The lowest BCUT2D eigenvalue weighted by atomic mass is 10.1. The Kier molecular flexibility index (Phi) is 5.24. The second-order valence-corrected chi connectivity index (χ2v) is 7.52. The molecule has 5 heteroatoms. The number of nitrogens with one attached hydrogen (secondary N) is 1. The third-order valence-electron chi connectivity index (χ3n) is 3.71. The van der Waals surface area contributed by atoms with Gasteiger partial charge in [-0.1, -0.05) is 41.5 Å². The summed E-state index contributed by atoms with van der Waals surface area (Å²) >= 11 is 0. The molecule has 0 aliphatic rings. The molecule has 1 N–H and O–H groups in total. The third kappa shape index (κ3) is 4.55. The molecule has 0 atom stereocenters. The molecule has 126 valence electrons. The van der Waals surface area contributed by atoms with Crippen LogP contribution in [0.25, 0.3) is 6.08 Å². The van der Waals surface area contributed by atoms with Crippen molar-refractivity contribution in [1.29, 1.82) is 0 Å². The smallest absolute Gasteiger partial charge is 0.265 e. The highest BCUT2D eigenvalue weighted by molar-refractivity contribution is 7.93. The lowest BCUT2D eigenvalue weighted by molar-refractivity contribution is 0.0981. The van der Waals surface area contributed by atoms with Crippen molar-refractivity contribution in [3.63, 3.8) is 0 Å². The lowest BCUT2D eigenvalue weighted by Gasteiger charge is -2.07. The van der Waals surface area contributed by atoms with E-state index >= 15 is 0 Å². The number of carbonyl (C=O) groups excluding carboxylic acids is 1. The van der Waals surface area contributed by atoms with Crippen LogP contribution in [0, 0.1) is 27.7 Å². The van der Waals surface area contributed by atoms with Crippen LogP contribution in [0.1, 0.15) is 38.2 Å². The molecule has 2 aromatic carbocycles. The molecule has 0 fully saturated rings. The number of hydrogen-bond donors (Lipinski definition) is 1. The fraction of sp³-hybridized carbons (Fsp3) is 0.211. The maximum absolute atomic E-state index is 12.2. The van der Waals surface area contributed by atoms with Crippen LogP contribution in [0.5, 0.6) is 0 Å². The Morgan fingerprint density at radius 1 is 0.917 bits per heavy atom. The first kappa shape index (κ1) is 17.9. The maximum atomic E-state index is 12.2. The van der Waals surface area contributed by atoms with Crippen molar-refractivity contribution in [2.75, 3.05) is 0 Å². The zero-order valence-electron chi connectivity index (χ0n) is 14.3. The molecule has 0 bridgehead atoms. The summed E-state index contributed by atoms with van der Waals surface area (Å²) in [6.07, 6.45) is 1.49. The van der Waals surface area contributed by atoms with Crippen molar-refractivity contribution >= 4 is 22.0 Å². The second kappa shape index (κ2) is 7.01. The SMILES string of the molecule is Cc1ccc(C=CS(=O)(=O)NC(=O)c2ccc(C)cc2C)c(C)c1. The van der Waals surface area contributed by atoms with Gasteiger partial charge in [0.25, 0.3) is 15.9 Å². The van der Waals surface area contributed by atoms with Gasteiger partial charge in [0.2, 0.25) is 0 Å². The van der Waals surface area contributed by atoms with Crippen LogP contribution in [-0.4, -0.2) is 14.3 Å². The zero-order valence-corrected chi connectivity index (χ0v) is 15.1. The quantitative estimate of drug-likeness (QED) is 0.921. The van der Waals surface area contributed by atoms with Crippen LogP contribution in [0.15, 0.2) is 41.8 Å². The zero-order chi connectivity index (χ0) is 17.9. The van der Waals surface area contributed by atoms with Gasteiger partial charge in [-0.05, 0) is 56.5 Å². The highest BCUT2D eigenvalue weighted by atomic mass is 32.2. The van der Waals surface area contributed by atoms with E-state index in [-0.39, 0.29) is 0 Å². The number of carbonyl (C=O) groups is 1. The molecule has 0 aromatic heterocycles. The molecule has 0 saturated carbocycles. The maximum Gasteiger partial charge on any atom is 0.265 e. The molecular formula is C19H21NO3S. The number of aryl methyl sites for hydroxylation is 4. The number of sulfonamides is 1. The molecule has 0 radical (unpaired) electrons. The van der Waals surface area contributed by atoms with E-state index in [1.807, 2.05) is 45.0 Å². The highest BCUT2D eigenvalue weighted by Crippen LogP contribution is 2.14. The Morgan fingerprint density at radius 3 is 2.08 bits per heavy atom. The first-order chi connectivity index (χ1) is 11.2. The van der Waals surface area contributed by atoms with Crippen molar-refractivity contribution in [1.82, 2.24) is 4.72 Å². The molecule has 1 amide bonds. The first-order valence-corrected chi connectivity index (χ1v) is 9.12. The molecule has 0 heterocycles. The average molecular weight is 343 g/mol. The summed E-state index contributed by atoms with van der Waals surface area (Å²) in [6.45, 7) is 7.58. The van der Waals surface area contributed by atoms with E-state index < -0.39 is 15.9 Å². The van der Waals surface area contributed by atoms with Crippen LogP contribution >= 0.6 is 0 Å². The monoisotopic (exact) mass is 343 g/mol. The van der Waals surface area contributed by atoms with E-state index in [2.05, 4.69) is 4.72 Å². The van der Waals surface area contributed by atoms with E-state index in [4.69, 9.17) is 0 Å². The van der Waals surface area contributed by atoms with E-state index in [0.29, 0.717) is 5.56 Å². The minimum absolute atomic E-state index is 0.351. The van der Waals surface area contributed by atoms with Gasteiger partial charge in [-0.3, -0.25) is 4.79 Å². The first-order valence-electron chi connectivity index (χ1n) is 7.58. The van der Waals surface area contributed by atoms with Gasteiger partial charge in [0.15, 0.2) is 0 Å². The summed E-state index contributed by atoms with van der Waals surface area (Å²) in [5, 5.41) is 1.02. The van der Waals surface area contributed by atoms with E-state index in [1.165, 1.54) is 6.08 Å². The topological polar surface area (TPSA) is 63.2 Å². The summed E-state index contributed by atoms with van der Waals surface area (Å²) in [6, 6.07) is 11.0. The molecule has 0 saturated heterocycles. The van der Waals surface area contributed by atoms with Crippen LogP contribution < -0.4 is 4.72 Å². The van der Waals surface area contributed by atoms with Crippen LogP contribution in [0.3, 0.4) is 0 Å². The van der Waals surface area contributed by atoms with Gasteiger partial charge in [0, 0.05) is 5.56 Å². The van der Waals surface area contributed by atoms with Gasteiger partial charge < -0.3 is 0 Å². The third-order valence-corrected chi connectivity index (χ3v) is 4.68. The summed E-state index contributed by atoms with van der Waals surface area (Å²) in [5.74, 6) is -0.627. The van der Waals surface area contributed by atoms with E-state index in [0.717, 1.165) is 33.2 Å². The normalized spacial score (nSPS) is 11.7. The van der Waals surface area contributed by atoms with E-state index in [1.54, 1.807) is 19.1 Å². The fourth-order valence-electron chi connectivity index (χ4n) is 2.46. The minimum Gasteiger partial charge on any atom is -0.268 e. The van der Waals surface area contributed by atoms with Gasteiger partial charge in [0.05, 0.1) is 5.41 Å². The molecule has 2 aromatic rings. The Bertz CT molecular complexity index is 912. The summed E-state index contributed by atoms with van der Waals surface area (Å²) in [7, 11) is -3.86. The molecule has 0 aliphatic heterocycles. The number of hydrogen-bond acceptors (Lipinski definition) is 3. The van der Waals surface area contributed by atoms with Crippen molar-refractivity contribution in [2.24, 2.45) is 0 Å². The number of amides is 1.